The Bertz CT molecular complexity index is 597. The van der Waals surface area contributed by atoms with Crippen LogP contribution in [0.1, 0.15) is 54.9 Å². The highest BCUT2D eigenvalue weighted by Gasteiger charge is 2.35. The van der Waals surface area contributed by atoms with E-state index in [9.17, 15) is 5.11 Å². The third-order valence-electron chi connectivity index (χ3n) is 4.50. The fourth-order valence-corrected chi connectivity index (χ4v) is 3.25. The molecule has 104 valence electrons. The number of rotatable bonds is 2. The topological polar surface area (TPSA) is 20.2 Å². The molecule has 0 saturated heterocycles. The zero-order valence-electron chi connectivity index (χ0n) is 12.3. The second kappa shape index (κ2) is 5.06. The van der Waals surface area contributed by atoms with Gasteiger partial charge in [0.05, 0.1) is 0 Å². The third kappa shape index (κ3) is 2.16. The van der Waals surface area contributed by atoms with E-state index in [-0.39, 0.29) is 0 Å². The average molecular weight is 266 g/mol. The molecule has 0 aromatic heterocycles. The van der Waals surface area contributed by atoms with Crippen LogP contribution < -0.4 is 0 Å². The Balaban J connectivity index is 2.05. The van der Waals surface area contributed by atoms with Crippen molar-refractivity contribution in [2.75, 3.05) is 0 Å². The lowest BCUT2D eigenvalue weighted by Crippen LogP contribution is -2.31. The predicted octanol–water partition coefficient (Wildman–Crippen LogP) is 4.38. The molecule has 1 heteroatoms. The van der Waals surface area contributed by atoms with Gasteiger partial charge in [-0.3, -0.25) is 0 Å². The van der Waals surface area contributed by atoms with Gasteiger partial charge in [0.15, 0.2) is 0 Å². The van der Waals surface area contributed by atoms with Crippen molar-refractivity contribution in [1.82, 2.24) is 0 Å². The zero-order valence-corrected chi connectivity index (χ0v) is 12.3. The maximum Gasteiger partial charge on any atom is 0.115 e. The van der Waals surface area contributed by atoms with Gasteiger partial charge in [0, 0.05) is 0 Å². The Morgan fingerprint density at radius 3 is 2.40 bits per heavy atom. The fourth-order valence-electron chi connectivity index (χ4n) is 3.25. The maximum atomic E-state index is 11.2. The van der Waals surface area contributed by atoms with Gasteiger partial charge in [-0.15, -0.1) is 0 Å². The van der Waals surface area contributed by atoms with Crippen LogP contribution in [0.4, 0.5) is 0 Å². The summed E-state index contributed by atoms with van der Waals surface area (Å²) < 4.78 is 0. The van der Waals surface area contributed by atoms with Gasteiger partial charge in [0.2, 0.25) is 0 Å². The molecule has 1 aliphatic rings. The number of hydrogen-bond donors (Lipinski definition) is 1. The molecular formula is C19H22O. The summed E-state index contributed by atoms with van der Waals surface area (Å²) in [5.74, 6) is 0.525. The van der Waals surface area contributed by atoms with Crippen molar-refractivity contribution in [3.05, 3.63) is 70.8 Å². The van der Waals surface area contributed by atoms with E-state index in [1.165, 1.54) is 11.1 Å². The SMILES string of the molecule is CC(C)c1ccc(C2(O)CCCc3ccccc32)cc1. The lowest BCUT2D eigenvalue weighted by Gasteiger charge is -2.35. The van der Waals surface area contributed by atoms with Crippen molar-refractivity contribution < 1.29 is 5.11 Å². The second-order valence-corrected chi connectivity index (χ2v) is 6.15. The van der Waals surface area contributed by atoms with Gasteiger partial charge in [-0.25, -0.2) is 0 Å². The molecule has 0 bridgehead atoms. The van der Waals surface area contributed by atoms with Crippen molar-refractivity contribution in [3.8, 4) is 0 Å². The molecule has 0 heterocycles. The minimum Gasteiger partial charge on any atom is -0.380 e. The molecule has 0 spiro atoms. The van der Waals surface area contributed by atoms with Crippen LogP contribution in [-0.2, 0) is 12.0 Å². The average Bonchev–Trinajstić information content (AvgIpc) is 2.48. The van der Waals surface area contributed by atoms with E-state index in [0.29, 0.717) is 5.92 Å². The highest BCUT2D eigenvalue weighted by atomic mass is 16.3. The van der Waals surface area contributed by atoms with Gasteiger partial charge in [-0.2, -0.15) is 0 Å². The monoisotopic (exact) mass is 266 g/mol. The quantitative estimate of drug-likeness (QED) is 0.855. The van der Waals surface area contributed by atoms with Crippen molar-refractivity contribution in [2.24, 2.45) is 0 Å². The Hall–Kier alpha value is -1.60. The van der Waals surface area contributed by atoms with Crippen LogP contribution >= 0.6 is 0 Å². The second-order valence-electron chi connectivity index (χ2n) is 6.15. The Labute approximate surface area is 121 Å². The molecule has 1 unspecified atom stereocenters. The lowest BCUT2D eigenvalue weighted by atomic mass is 9.75. The summed E-state index contributed by atoms with van der Waals surface area (Å²) >= 11 is 0. The predicted molar refractivity (Wildman–Crippen MR) is 82.9 cm³/mol. The van der Waals surface area contributed by atoms with E-state index in [1.807, 2.05) is 6.07 Å². The molecule has 20 heavy (non-hydrogen) atoms. The molecule has 0 aliphatic heterocycles. The third-order valence-corrected chi connectivity index (χ3v) is 4.50. The van der Waals surface area contributed by atoms with E-state index < -0.39 is 5.60 Å². The van der Waals surface area contributed by atoms with Crippen LogP contribution in [0.25, 0.3) is 0 Å². The van der Waals surface area contributed by atoms with E-state index in [0.717, 1.165) is 30.4 Å². The molecule has 3 rings (SSSR count). The molecule has 0 amide bonds. The first-order chi connectivity index (χ1) is 9.61. The molecule has 1 N–H and O–H groups in total. The number of fused-ring (bicyclic) bond motifs is 1. The van der Waals surface area contributed by atoms with Gasteiger partial charge in [0.1, 0.15) is 5.60 Å². The standard InChI is InChI=1S/C19H22O/c1-14(2)15-9-11-17(12-10-15)19(20)13-5-7-16-6-3-4-8-18(16)19/h3-4,6,8-12,14,20H,5,7,13H2,1-2H3. The molecule has 0 fully saturated rings. The van der Waals surface area contributed by atoms with Gasteiger partial charge < -0.3 is 5.11 Å². The number of hydrogen-bond acceptors (Lipinski definition) is 1. The smallest absolute Gasteiger partial charge is 0.115 e. The summed E-state index contributed by atoms with van der Waals surface area (Å²) in [6, 6.07) is 16.8. The molecule has 1 aliphatic carbocycles. The van der Waals surface area contributed by atoms with Gasteiger partial charge in [0.25, 0.3) is 0 Å². The molecule has 2 aromatic carbocycles. The summed E-state index contributed by atoms with van der Waals surface area (Å²) in [5, 5.41) is 11.2. The number of aryl methyl sites for hydroxylation is 1. The first-order valence-corrected chi connectivity index (χ1v) is 7.52. The van der Waals surface area contributed by atoms with E-state index >= 15 is 0 Å². The van der Waals surface area contributed by atoms with Crippen LogP contribution in [0.15, 0.2) is 48.5 Å². The Morgan fingerprint density at radius 1 is 1.00 bits per heavy atom. The highest BCUT2D eigenvalue weighted by molar-refractivity contribution is 5.43. The normalized spacial score (nSPS) is 21.8. The molecule has 2 aromatic rings. The number of benzene rings is 2. The zero-order chi connectivity index (χ0) is 14.2. The Kier molecular flexibility index (Phi) is 3.39. The summed E-state index contributed by atoms with van der Waals surface area (Å²) in [5.41, 5.74) is 3.90. The molecule has 0 radical (unpaired) electrons. The minimum atomic E-state index is -0.815. The number of aliphatic hydroxyl groups is 1. The van der Waals surface area contributed by atoms with Crippen molar-refractivity contribution in [3.63, 3.8) is 0 Å². The van der Waals surface area contributed by atoms with Crippen LogP contribution in [0, 0.1) is 0 Å². The van der Waals surface area contributed by atoms with Crippen LogP contribution in [0.5, 0.6) is 0 Å². The minimum absolute atomic E-state index is 0.525. The molecule has 1 nitrogen and oxygen atoms in total. The van der Waals surface area contributed by atoms with E-state index in [1.54, 1.807) is 0 Å². The molecule has 1 atom stereocenters. The van der Waals surface area contributed by atoms with Gasteiger partial charge in [-0.05, 0) is 47.4 Å². The van der Waals surface area contributed by atoms with Crippen LogP contribution in [0.3, 0.4) is 0 Å². The van der Waals surface area contributed by atoms with E-state index in [2.05, 4.69) is 56.3 Å². The fraction of sp³-hybridized carbons (Fsp3) is 0.368. The first-order valence-electron chi connectivity index (χ1n) is 7.52. The summed E-state index contributed by atoms with van der Waals surface area (Å²) in [6.07, 6.45) is 2.92. The van der Waals surface area contributed by atoms with Crippen LogP contribution in [0.2, 0.25) is 0 Å². The molecular weight excluding hydrogens is 244 g/mol. The molecule has 0 saturated carbocycles. The van der Waals surface area contributed by atoms with Gasteiger partial charge >= 0.3 is 0 Å². The summed E-state index contributed by atoms with van der Waals surface area (Å²) in [4.78, 5) is 0. The maximum absolute atomic E-state index is 11.2. The highest BCUT2D eigenvalue weighted by Crippen LogP contribution is 2.40. The van der Waals surface area contributed by atoms with Crippen molar-refractivity contribution in [1.29, 1.82) is 0 Å². The lowest BCUT2D eigenvalue weighted by molar-refractivity contribution is 0.0616. The van der Waals surface area contributed by atoms with E-state index in [4.69, 9.17) is 0 Å². The van der Waals surface area contributed by atoms with Crippen LogP contribution in [-0.4, -0.2) is 5.11 Å². The van der Waals surface area contributed by atoms with Gasteiger partial charge in [-0.1, -0.05) is 62.4 Å². The Morgan fingerprint density at radius 2 is 1.70 bits per heavy atom. The largest absolute Gasteiger partial charge is 0.380 e. The summed E-state index contributed by atoms with van der Waals surface area (Å²) in [6.45, 7) is 4.39. The summed E-state index contributed by atoms with van der Waals surface area (Å²) in [7, 11) is 0. The van der Waals surface area contributed by atoms with Crippen molar-refractivity contribution in [2.45, 2.75) is 44.6 Å². The van der Waals surface area contributed by atoms with Crippen molar-refractivity contribution >= 4 is 0 Å². The first kappa shape index (κ1) is 13.4.